The molecule has 0 aliphatic carbocycles. The Balaban J connectivity index is 2.15. The molecule has 0 bridgehead atoms. The molecule has 24 heavy (non-hydrogen) atoms. The van der Waals surface area contributed by atoms with Crippen molar-refractivity contribution in [3.05, 3.63) is 24.3 Å². The van der Waals surface area contributed by atoms with Crippen molar-refractivity contribution < 1.29 is 22.7 Å². The van der Waals surface area contributed by atoms with E-state index in [0.29, 0.717) is 45.0 Å². The van der Waals surface area contributed by atoms with Gasteiger partial charge in [-0.2, -0.15) is 4.31 Å². The predicted molar refractivity (Wildman–Crippen MR) is 90.4 cm³/mol. The molecule has 0 spiro atoms. The molecule has 1 amide bonds. The number of hydrogen-bond donors (Lipinski definition) is 1. The first-order valence-corrected chi connectivity index (χ1v) is 9.53. The smallest absolute Gasteiger partial charge is 0.253 e. The quantitative estimate of drug-likeness (QED) is 0.799. The van der Waals surface area contributed by atoms with Gasteiger partial charge >= 0.3 is 0 Å². The third-order valence-corrected chi connectivity index (χ3v) is 5.64. The highest BCUT2D eigenvalue weighted by Gasteiger charge is 2.26. The topological polar surface area (TPSA) is 84.9 Å². The van der Waals surface area contributed by atoms with Gasteiger partial charge in [0.2, 0.25) is 10.0 Å². The van der Waals surface area contributed by atoms with Crippen LogP contribution in [0.4, 0.5) is 5.69 Å². The third kappa shape index (κ3) is 4.54. The van der Waals surface area contributed by atoms with Crippen molar-refractivity contribution in [2.24, 2.45) is 0 Å². The van der Waals surface area contributed by atoms with Crippen LogP contribution in [0.25, 0.3) is 0 Å². The third-order valence-electron chi connectivity index (χ3n) is 3.74. The van der Waals surface area contributed by atoms with Crippen LogP contribution in [0.5, 0.6) is 0 Å². The Morgan fingerprint density at radius 3 is 2.67 bits per heavy atom. The highest BCUT2D eigenvalue weighted by Crippen LogP contribution is 2.21. The first-order chi connectivity index (χ1) is 11.5. The molecule has 0 saturated carbocycles. The number of rotatable bonds is 7. The van der Waals surface area contributed by atoms with E-state index in [-0.39, 0.29) is 10.8 Å². The summed E-state index contributed by atoms with van der Waals surface area (Å²) in [5, 5.41) is 2.72. The summed E-state index contributed by atoms with van der Waals surface area (Å²) in [4.78, 5) is 12.3. The van der Waals surface area contributed by atoms with E-state index in [9.17, 15) is 13.2 Å². The highest BCUT2D eigenvalue weighted by atomic mass is 32.2. The van der Waals surface area contributed by atoms with Crippen molar-refractivity contribution >= 4 is 21.6 Å². The standard InChI is InChI=1S/C16H24N2O5S/c1-3-15(23-4-2)16(19)17-13-6-5-7-14(12-13)24(20,21)18-8-10-22-11-9-18/h5-7,12,15H,3-4,8-11H2,1-2H3,(H,17,19). The maximum absolute atomic E-state index is 12.7. The lowest BCUT2D eigenvalue weighted by atomic mass is 10.2. The molecule has 1 saturated heterocycles. The van der Waals surface area contributed by atoms with Crippen molar-refractivity contribution in [1.29, 1.82) is 0 Å². The second-order valence-electron chi connectivity index (χ2n) is 5.39. The van der Waals surface area contributed by atoms with Crippen LogP contribution in [0.15, 0.2) is 29.2 Å². The molecule has 1 atom stereocenters. The molecule has 1 unspecified atom stereocenters. The van der Waals surface area contributed by atoms with Gasteiger partial charge in [-0.1, -0.05) is 13.0 Å². The molecule has 0 radical (unpaired) electrons. The largest absolute Gasteiger partial charge is 0.379 e. The number of carbonyl (C=O) groups is 1. The Bertz CT molecular complexity index is 656. The Hall–Kier alpha value is -1.48. The Labute approximate surface area is 143 Å². The van der Waals surface area contributed by atoms with E-state index in [1.54, 1.807) is 12.1 Å². The van der Waals surface area contributed by atoms with Crippen molar-refractivity contribution in [2.75, 3.05) is 38.2 Å². The average Bonchev–Trinajstić information content (AvgIpc) is 2.60. The van der Waals surface area contributed by atoms with E-state index in [2.05, 4.69) is 5.32 Å². The highest BCUT2D eigenvalue weighted by molar-refractivity contribution is 7.89. The Morgan fingerprint density at radius 1 is 1.33 bits per heavy atom. The average molecular weight is 356 g/mol. The van der Waals surface area contributed by atoms with Gasteiger partial charge in [-0.15, -0.1) is 0 Å². The molecule has 7 nitrogen and oxygen atoms in total. The normalized spacial score (nSPS) is 17.4. The van der Waals surface area contributed by atoms with Crippen LogP contribution in [-0.4, -0.2) is 57.6 Å². The molecule has 1 fully saturated rings. The zero-order chi connectivity index (χ0) is 17.6. The van der Waals surface area contributed by atoms with E-state index in [0.717, 1.165) is 0 Å². The molecule has 1 heterocycles. The van der Waals surface area contributed by atoms with Gasteiger partial charge in [-0.05, 0) is 31.5 Å². The lowest BCUT2D eigenvalue weighted by molar-refractivity contribution is -0.127. The molecular weight excluding hydrogens is 332 g/mol. The van der Waals surface area contributed by atoms with Gasteiger partial charge in [0.25, 0.3) is 5.91 Å². The van der Waals surface area contributed by atoms with E-state index >= 15 is 0 Å². The van der Waals surface area contributed by atoms with Crippen LogP contribution >= 0.6 is 0 Å². The van der Waals surface area contributed by atoms with Gasteiger partial charge in [0.15, 0.2) is 0 Å². The van der Waals surface area contributed by atoms with Crippen LogP contribution < -0.4 is 5.32 Å². The summed E-state index contributed by atoms with van der Waals surface area (Å²) in [5.74, 6) is -0.278. The van der Waals surface area contributed by atoms with Gasteiger partial charge < -0.3 is 14.8 Å². The molecule has 1 aromatic rings. The second kappa shape index (κ2) is 8.57. The molecule has 1 aromatic carbocycles. The van der Waals surface area contributed by atoms with Crippen LogP contribution in [0.2, 0.25) is 0 Å². The summed E-state index contributed by atoms with van der Waals surface area (Å²) < 4.78 is 37.3. The van der Waals surface area contributed by atoms with Crippen molar-refractivity contribution in [3.8, 4) is 0 Å². The fraction of sp³-hybridized carbons (Fsp3) is 0.562. The number of benzene rings is 1. The van der Waals surface area contributed by atoms with Crippen molar-refractivity contribution in [1.82, 2.24) is 4.31 Å². The first-order valence-electron chi connectivity index (χ1n) is 8.09. The Kier molecular flexibility index (Phi) is 6.73. The first kappa shape index (κ1) is 18.9. The molecule has 134 valence electrons. The molecule has 1 aliphatic heterocycles. The van der Waals surface area contributed by atoms with Gasteiger partial charge in [0.1, 0.15) is 6.10 Å². The minimum absolute atomic E-state index is 0.159. The Morgan fingerprint density at radius 2 is 2.04 bits per heavy atom. The zero-order valence-electron chi connectivity index (χ0n) is 14.0. The minimum atomic E-state index is -3.59. The summed E-state index contributed by atoms with van der Waals surface area (Å²) in [6, 6.07) is 6.28. The molecule has 2 rings (SSSR count). The number of ether oxygens (including phenoxy) is 2. The lowest BCUT2D eigenvalue weighted by Gasteiger charge is -2.26. The van der Waals surface area contributed by atoms with Crippen LogP contribution in [0, 0.1) is 0 Å². The monoisotopic (exact) mass is 356 g/mol. The molecular formula is C16H24N2O5S. The summed E-state index contributed by atoms with van der Waals surface area (Å²) >= 11 is 0. The van der Waals surface area contributed by atoms with Gasteiger partial charge in [0.05, 0.1) is 18.1 Å². The van der Waals surface area contributed by atoms with E-state index < -0.39 is 16.1 Å². The number of sulfonamides is 1. The van der Waals surface area contributed by atoms with Gasteiger partial charge in [0, 0.05) is 25.4 Å². The fourth-order valence-corrected chi connectivity index (χ4v) is 3.93. The number of morpholine rings is 1. The molecule has 1 aliphatic rings. The molecule has 0 aromatic heterocycles. The number of amides is 1. The zero-order valence-corrected chi connectivity index (χ0v) is 14.8. The van der Waals surface area contributed by atoms with E-state index in [1.807, 2.05) is 13.8 Å². The van der Waals surface area contributed by atoms with Crippen LogP contribution in [0.3, 0.4) is 0 Å². The summed E-state index contributed by atoms with van der Waals surface area (Å²) in [7, 11) is -3.59. The van der Waals surface area contributed by atoms with Gasteiger partial charge in [-0.3, -0.25) is 4.79 Å². The lowest BCUT2D eigenvalue weighted by Crippen LogP contribution is -2.40. The minimum Gasteiger partial charge on any atom is -0.379 e. The number of nitrogens with one attached hydrogen (secondary N) is 1. The summed E-state index contributed by atoms with van der Waals surface area (Å²) in [5.41, 5.74) is 0.437. The van der Waals surface area contributed by atoms with Crippen LogP contribution in [-0.2, 0) is 24.3 Å². The maximum Gasteiger partial charge on any atom is 0.253 e. The van der Waals surface area contributed by atoms with E-state index in [1.165, 1.54) is 16.4 Å². The van der Waals surface area contributed by atoms with E-state index in [4.69, 9.17) is 9.47 Å². The molecule has 1 N–H and O–H groups in total. The van der Waals surface area contributed by atoms with Crippen LogP contribution in [0.1, 0.15) is 20.3 Å². The predicted octanol–water partition coefficient (Wildman–Crippen LogP) is 1.46. The number of anilines is 1. The summed E-state index contributed by atoms with van der Waals surface area (Å²) in [6.45, 7) is 5.58. The van der Waals surface area contributed by atoms with Crippen molar-refractivity contribution in [3.63, 3.8) is 0 Å². The summed E-state index contributed by atoms with van der Waals surface area (Å²) in [6.07, 6.45) is 0.000311. The number of nitrogens with zero attached hydrogens (tertiary/aromatic N) is 1. The van der Waals surface area contributed by atoms with Gasteiger partial charge in [-0.25, -0.2) is 8.42 Å². The second-order valence-corrected chi connectivity index (χ2v) is 7.32. The number of hydrogen-bond acceptors (Lipinski definition) is 5. The SMILES string of the molecule is CCOC(CC)C(=O)Nc1cccc(S(=O)(=O)N2CCOCC2)c1. The number of carbonyl (C=O) groups excluding carboxylic acids is 1. The maximum atomic E-state index is 12.7. The molecule has 8 heteroatoms. The van der Waals surface area contributed by atoms with Crippen molar-refractivity contribution in [2.45, 2.75) is 31.3 Å². The fourth-order valence-electron chi connectivity index (χ4n) is 2.47.